The van der Waals surface area contributed by atoms with Crippen molar-refractivity contribution in [3.63, 3.8) is 0 Å². The molecule has 126 valence electrons. The lowest BCUT2D eigenvalue weighted by Crippen LogP contribution is -2.27. The van der Waals surface area contributed by atoms with Crippen LogP contribution in [0.25, 0.3) is 0 Å². The van der Waals surface area contributed by atoms with Crippen molar-refractivity contribution < 1.29 is 9.47 Å². The second-order valence-electron chi connectivity index (χ2n) is 7.15. The van der Waals surface area contributed by atoms with E-state index in [0.717, 1.165) is 37.8 Å². The fraction of sp³-hybridized carbons (Fsp3) is 0.684. The molecule has 0 spiro atoms. The molecule has 0 bridgehead atoms. The van der Waals surface area contributed by atoms with Gasteiger partial charge in [0, 0.05) is 29.5 Å². The van der Waals surface area contributed by atoms with Crippen LogP contribution in [0.3, 0.4) is 0 Å². The molecule has 2 fully saturated rings. The Labute approximate surface area is 143 Å². The third kappa shape index (κ3) is 3.54. The van der Waals surface area contributed by atoms with Crippen LogP contribution in [-0.2, 0) is 4.74 Å². The van der Waals surface area contributed by atoms with E-state index in [1.165, 1.54) is 42.0 Å². The fourth-order valence-electron chi connectivity index (χ4n) is 4.12. The number of hydrogen-bond acceptors (Lipinski definition) is 4. The van der Waals surface area contributed by atoms with Crippen LogP contribution in [0.4, 0.5) is 0 Å². The third-order valence-electron chi connectivity index (χ3n) is 5.56. The van der Waals surface area contributed by atoms with Gasteiger partial charge in [-0.3, -0.25) is 0 Å². The number of fused-ring (bicyclic) bond motifs is 1. The molecule has 0 N–H and O–H groups in total. The highest BCUT2D eigenvalue weighted by molar-refractivity contribution is 7.99. The van der Waals surface area contributed by atoms with Crippen molar-refractivity contribution in [3.05, 3.63) is 23.8 Å². The molecule has 0 aromatic heterocycles. The van der Waals surface area contributed by atoms with Crippen molar-refractivity contribution in [2.75, 3.05) is 32.6 Å². The summed E-state index contributed by atoms with van der Waals surface area (Å²) in [5.74, 6) is 2.99. The Bertz CT molecular complexity index is 544. The lowest BCUT2D eigenvalue weighted by atomic mass is 9.93. The van der Waals surface area contributed by atoms with Crippen LogP contribution in [0.2, 0.25) is 0 Å². The zero-order valence-corrected chi connectivity index (χ0v) is 14.8. The van der Waals surface area contributed by atoms with E-state index in [4.69, 9.17) is 9.47 Å². The van der Waals surface area contributed by atoms with Crippen LogP contribution < -0.4 is 4.74 Å². The summed E-state index contributed by atoms with van der Waals surface area (Å²) < 4.78 is 11.6. The fourth-order valence-corrected chi connectivity index (χ4v) is 5.37. The second kappa shape index (κ2) is 7.04. The van der Waals surface area contributed by atoms with Gasteiger partial charge in [0.05, 0.1) is 13.2 Å². The minimum Gasteiger partial charge on any atom is -0.490 e. The smallest absolute Gasteiger partial charge is 0.120 e. The normalized spacial score (nSPS) is 28.9. The molecule has 4 rings (SSSR count). The van der Waals surface area contributed by atoms with E-state index in [1.807, 2.05) is 11.8 Å². The minimum atomic E-state index is 0.329. The Hall–Kier alpha value is -0.710. The average Bonchev–Trinajstić information content (AvgIpc) is 3.16. The molecule has 0 amide bonds. The molecule has 1 aromatic rings. The molecule has 3 heterocycles. The van der Waals surface area contributed by atoms with Gasteiger partial charge in [-0.2, -0.15) is 0 Å². The zero-order valence-electron chi connectivity index (χ0n) is 14.0. The van der Waals surface area contributed by atoms with E-state index in [2.05, 4.69) is 30.1 Å². The van der Waals surface area contributed by atoms with Crippen LogP contribution in [0.15, 0.2) is 23.1 Å². The molecule has 1 aromatic carbocycles. The summed E-state index contributed by atoms with van der Waals surface area (Å²) >= 11 is 2.02. The molecular weight excluding hydrogens is 306 g/mol. The van der Waals surface area contributed by atoms with Gasteiger partial charge in [-0.25, -0.2) is 0 Å². The first-order valence-electron chi connectivity index (χ1n) is 9.01. The molecule has 3 aliphatic rings. The highest BCUT2D eigenvalue weighted by atomic mass is 32.2. The zero-order chi connectivity index (χ0) is 15.6. The quantitative estimate of drug-likeness (QED) is 0.832. The topological polar surface area (TPSA) is 21.7 Å². The van der Waals surface area contributed by atoms with Crippen molar-refractivity contribution in [3.8, 4) is 5.75 Å². The minimum absolute atomic E-state index is 0.329. The summed E-state index contributed by atoms with van der Waals surface area (Å²) in [6.07, 6.45) is 6.39. The van der Waals surface area contributed by atoms with E-state index in [0.29, 0.717) is 12.0 Å². The SMILES string of the molecule is CN1CCC[C@@H]1C[C@H]1CSc2ccc(OC3CCOCC3)cc21. The van der Waals surface area contributed by atoms with Crippen molar-refractivity contribution in [2.45, 2.75) is 55.1 Å². The molecular formula is C19H27NO2S. The Kier molecular flexibility index (Phi) is 4.83. The Balaban J connectivity index is 1.45. The maximum atomic E-state index is 6.22. The first-order valence-corrected chi connectivity index (χ1v) is 9.99. The maximum Gasteiger partial charge on any atom is 0.120 e. The number of thioether (sulfide) groups is 1. The van der Waals surface area contributed by atoms with Crippen LogP contribution in [0, 0.1) is 0 Å². The molecule has 0 radical (unpaired) electrons. The molecule has 0 saturated carbocycles. The highest BCUT2D eigenvalue weighted by Crippen LogP contribution is 2.44. The van der Waals surface area contributed by atoms with E-state index < -0.39 is 0 Å². The molecule has 4 heteroatoms. The molecule has 3 nitrogen and oxygen atoms in total. The van der Waals surface area contributed by atoms with Gasteiger partial charge in [-0.1, -0.05) is 0 Å². The number of nitrogens with zero attached hydrogens (tertiary/aromatic N) is 1. The summed E-state index contributed by atoms with van der Waals surface area (Å²) in [6.45, 7) is 2.94. The van der Waals surface area contributed by atoms with E-state index in [-0.39, 0.29) is 0 Å². The summed E-state index contributed by atoms with van der Waals surface area (Å²) in [6, 6.07) is 7.52. The predicted octanol–water partition coefficient (Wildman–Crippen LogP) is 3.92. The van der Waals surface area contributed by atoms with E-state index in [9.17, 15) is 0 Å². The van der Waals surface area contributed by atoms with Gasteiger partial charge in [0.15, 0.2) is 0 Å². The molecule has 2 saturated heterocycles. The van der Waals surface area contributed by atoms with Crippen LogP contribution in [0.5, 0.6) is 5.75 Å². The predicted molar refractivity (Wildman–Crippen MR) is 94.6 cm³/mol. The first-order chi connectivity index (χ1) is 11.3. The van der Waals surface area contributed by atoms with Crippen molar-refractivity contribution >= 4 is 11.8 Å². The van der Waals surface area contributed by atoms with Crippen molar-refractivity contribution in [1.82, 2.24) is 4.90 Å². The summed E-state index contributed by atoms with van der Waals surface area (Å²) in [5.41, 5.74) is 1.53. The maximum absolute atomic E-state index is 6.22. The number of ether oxygens (including phenoxy) is 2. The number of likely N-dealkylation sites (tertiary alicyclic amines) is 1. The Morgan fingerprint density at radius 1 is 1.26 bits per heavy atom. The number of benzene rings is 1. The lowest BCUT2D eigenvalue weighted by Gasteiger charge is -2.25. The van der Waals surface area contributed by atoms with Gasteiger partial charge >= 0.3 is 0 Å². The molecule has 0 aliphatic carbocycles. The van der Waals surface area contributed by atoms with Gasteiger partial charge < -0.3 is 14.4 Å². The van der Waals surface area contributed by atoms with Gasteiger partial charge in [0.2, 0.25) is 0 Å². The molecule has 2 atom stereocenters. The van der Waals surface area contributed by atoms with Gasteiger partial charge in [0.25, 0.3) is 0 Å². The average molecular weight is 333 g/mol. The second-order valence-corrected chi connectivity index (χ2v) is 8.21. The van der Waals surface area contributed by atoms with Crippen molar-refractivity contribution in [1.29, 1.82) is 0 Å². The third-order valence-corrected chi connectivity index (χ3v) is 6.81. The molecule has 23 heavy (non-hydrogen) atoms. The molecule has 3 aliphatic heterocycles. The van der Waals surface area contributed by atoms with Gasteiger partial charge in [-0.05, 0) is 62.5 Å². The monoisotopic (exact) mass is 333 g/mol. The standard InChI is InChI=1S/C19H27NO2S/c1-20-8-2-3-15(20)11-14-13-23-19-5-4-17(12-18(14)19)22-16-6-9-21-10-7-16/h4-5,12,14-16H,2-3,6-11,13H2,1H3/t14-,15+/m0/s1. The van der Waals surface area contributed by atoms with Crippen molar-refractivity contribution in [2.24, 2.45) is 0 Å². The number of rotatable bonds is 4. The van der Waals surface area contributed by atoms with Gasteiger partial charge in [0.1, 0.15) is 11.9 Å². The first kappa shape index (κ1) is 15.8. The summed E-state index contributed by atoms with van der Waals surface area (Å²) in [4.78, 5) is 4.01. The van der Waals surface area contributed by atoms with Crippen LogP contribution >= 0.6 is 11.8 Å². The van der Waals surface area contributed by atoms with E-state index >= 15 is 0 Å². The molecule has 0 unspecified atom stereocenters. The Morgan fingerprint density at radius 3 is 2.91 bits per heavy atom. The Morgan fingerprint density at radius 2 is 2.13 bits per heavy atom. The highest BCUT2D eigenvalue weighted by Gasteiger charge is 2.30. The van der Waals surface area contributed by atoms with Crippen LogP contribution in [-0.4, -0.2) is 49.6 Å². The lowest BCUT2D eigenvalue weighted by molar-refractivity contribution is 0.0255. The number of hydrogen-bond donors (Lipinski definition) is 0. The van der Waals surface area contributed by atoms with E-state index in [1.54, 1.807) is 0 Å². The van der Waals surface area contributed by atoms with Crippen LogP contribution in [0.1, 0.15) is 43.6 Å². The summed E-state index contributed by atoms with van der Waals surface area (Å²) in [5, 5.41) is 0. The van der Waals surface area contributed by atoms with Gasteiger partial charge in [-0.15, -0.1) is 11.8 Å². The largest absolute Gasteiger partial charge is 0.490 e. The summed E-state index contributed by atoms with van der Waals surface area (Å²) in [7, 11) is 2.28.